The van der Waals surface area contributed by atoms with E-state index in [2.05, 4.69) is 57.0 Å². The number of para-hydroxylation sites is 1. The van der Waals surface area contributed by atoms with E-state index >= 15 is 0 Å². The van der Waals surface area contributed by atoms with Crippen molar-refractivity contribution in [2.24, 2.45) is 0 Å². The van der Waals surface area contributed by atoms with E-state index in [0.29, 0.717) is 0 Å². The molecule has 2 aromatic carbocycles. The fourth-order valence-corrected chi connectivity index (χ4v) is 4.11. The average molecular weight is 398 g/mol. The Morgan fingerprint density at radius 1 is 0.516 bits per heavy atom. The number of aromatic nitrogens is 4. The molecule has 0 unspecified atom stereocenters. The van der Waals surface area contributed by atoms with E-state index in [1.165, 1.54) is 10.8 Å². The van der Waals surface area contributed by atoms with Crippen molar-refractivity contribution >= 4 is 21.8 Å². The molecule has 0 aliphatic carbocycles. The van der Waals surface area contributed by atoms with Crippen LogP contribution < -0.4 is 0 Å². The molecule has 0 atom stereocenters. The molecule has 0 saturated heterocycles. The third-order valence-corrected chi connectivity index (χ3v) is 5.53. The topological polar surface area (TPSA) is 43.6 Å². The lowest BCUT2D eigenvalue weighted by Gasteiger charge is -2.09. The molecule has 6 aromatic rings. The van der Waals surface area contributed by atoms with Gasteiger partial charge in [-0.3, -0.25) is 14.5 Å². The summed E-state index contributed by atoms with van der Waals surface area (Å²) in [5.74, 6) is 0.868. The van der Waals surface area contributed by atoms with Gasteiger partial charge < -0.3 is 0 Å². The predicted octanol–water partition coefficient (Wildman–Crippen LogP) is 6.30. The Labute approximate surface area is 179 Å². The van der Waals surface area contributed by atoms with Gasteiger partial charge in [0.15, 0.2) is 0 Å². The summed E-state index contributed by atoms with van der Waals surface area (Å²) in [7, 11) is 0. The van der Waals surface area contributed by atoms with Crippen LogP contribution in [0.5, 0.6) is 0 Å². The van der Waals surface area contributed by atoms with Crippen LogP contribution in [0.15, 0.2) is 109 Å². The van der Waals surface area contributed by atoms with Crippen molar-refractivity contribution in [1.29, 1.82) is 0 Å². The number of fused-ring (bicyclic) bond motifs is 3. The van der Waals surface area contributed by atoms with Crippen LogP contribution in [-0.2, 0) is 0 Å². The van der Waals surface area contributed by atoms with Gasteiger partial charge in [0.05, 0.1) is 28.1 Å². The molecule has 4 nitrogen and oxygen atoms in total. The first kappa shape index (κ1) is 17.5. The largest absolute Gasteiger partial charge is 0.294 e. The number of pyridine rings is 3. The molecule has 4 heterocycles. The summed E-state index contributed by atoms with van der Waals surface area (Å²) in [5, 5.41) is 2.40. The van der Waals surface area contributed by atoms with Crippen molar-refractivity contribution in [3.8, 4) is 28.5 Å². The van der Waals surface area contributed by atoms with Gasteiger partial charge >= 0.3 is 0 Å². The molecular formula is C27H18N4. The van der Waals surface area contributed by atoms with Gasteiger partial charge in [0.25, 0.3) is 0 Å². The lowest BCUT2D eigenvalue weighted by atomic mass is 10.1. The van der Waals surface area contributed by atoms with Gasteiger partial charge in [-0.1, -0.05) is 48.5 Å². The Bertz CT molecular complexity index is 1520. The van der Waals surface area contributed by atoms with Crippen LogP contribution in [-0.4, -0.2) is 19.5 Å². The second-order valence-corrected chi connectivity index (χ2v) is 7.40. The number of hydrogen-bond donors (Lipinski definition) is 0. The highest BCUT2D eigenvalue weighted by Crippen LogP contribution is 2.34. The van der Waals surface area contributed by atoms with Gasteiger partial charge in [0, 0.05) is 28.7 Å². The summed E-state index contributed by atoms with van der Waals surface area (Å²) in [6.07, 6.45) is 3.62. The third kappa shape index (κ3) is 2.97. The first-order chi connectivity index (χ1) is 15.4. The van der Waals surface area contributed by atoms with E-state index in [0.717, 1.165) is 39.5 Å². The second-order valence-electron chi connectivity index (χ2n) is 7.40. The summed E-state index contributed by atoms with van der Waals surface area (Å²) < 4.78 is 2.23. The molecule has 4 aromatic heterocycles. The molecule has 0 fully saturated rings. The Balaban J connectivity index is 1.63. The maximum atomic E-state index is 4.97. The minimum atomic E-state index is 0.852. The Morgan fingerprint density at radius 3 is 2.03 bits per heavy atom. The van der Waals surface area contributed by atoms with E-state index in [-0.39, 0.29) is 0 Å². The maximum Gasteiger partial charge on any atom is 0.138 e. The number of hydrogen-bond acceptors (Lipinski definition) is 3. The smallest absolute Gasteiger partial charge is 0.138 e. The Morgan fingerprint density at radius 2 is 1.23 bits per heavy atom. The second kappa shape index (κ2) is 7.18. The molecule has 0 amide bonds. The zero-order valence-electron chi connectivity index (χ0n) is 16.7. The lowest BCUT2D eigenvalue weighted by Crippen LogP contribution is -1.99. The van der Waals surface area contributed by atoms with Gasteiger partial charge in [-0.2, -0.15) is 0 Å². The van der Waals surface area contributed by atoms with Crippen molar-refractivity contribution in [3.63, 3.8) is 0 Å². The molecule has 0 bridgehead atoms. The van der Waals surface area contributed by atoms with Gasteiger partial charge in [-0.05, 0) is 48.5 Å². The predicted molar refractivity (Wildman–Crippen MR) is 125 cm³/mol. The fourth-order valence-electron chi connectivity index (χ4n) is 4.11. The van der Waals surface area contributed by atoms with Gasteiger partial charge in [-0.25, -0.2) is 4.98 Å². The number of nitrogens with zero attached hydrogens (tertiary/aromatic N) is 4. The molecule has 0 saturated carbocycles. The van der Waals surface area contributed by atoms with Crippen LogP contribution in [0.25, 0.3) is 50.3 Å². The highest BCUT2D eigenvalue weighted by atomic mass is 15.1. The van der Waals surface area contributed by atoms with Crippen molar-refractivity contribution < 1.29 is 0 Å². The molecule has 0 spiro atoms. The van der Waals surface area contributed by atoms with Gasteiger partial charge in [0.1, 0.15) is 5.82 Å². The zero-order chi connectivity index (χ0) is 20.6. The van der Waals surface area contributed by atoms with E-state index in [4.69, 9.17) is 4.98 Å². The molecule has 31 heavy (non-hydrogen) atoms. The zero-order valence-corrected chi connectivity index (χ0v) is 16.7. The molecule has 4 heteroatoms. The van der Waals surface area contributed by atoms with Crippen LogP contribution in [0, 0.1) is 0 Å². The van der Waals surface area contributed by atoms with Crippen LogP contribution in [0.4, 0.5) is 0 Å². The summed E-state index contributed by atoms with van der Waals surface area (Å²) in [6.45, 7) is 0. The normalized spacial score (nSPS) is 11.2. The van der Waals surface area contributed by atoms with E-state index < -0.39 is 0 Å². The van der Waals surface area contributed by atoms with Crippen molar-refractivity contribution in [2.75, 3.05) is 0 Å². The highest BCUT2D eigenvalue weighted by molar-refractivity contribution is 6.10. The number of rotatable bonds is 3. The quantitative estimate of drug-likeness (QED) is 0.351. The van der Waals surface area contributed by atoms with E-state index in [1.807, 2.05) is 60.8 Å². The third-order valence-electron chi connectivity index (χ3n) is 5.53. The SMILES string of the molecule is c1ccc(-c2ccc3c4ccccc4n(-c4cccc(-c5ccccn5)n4)c3c2)nc1. The summed E-state index contributed by atoms with van der Waals surface area (Å²) in [5.41, 5.74) is 5.98. The monoisotopic (exact) mass is 398 g/mol. The Kier molecular flexibility index (Phi) is 4.06. The standard InChI is InChI=1S/C27H18N4/c1-2-12-25-20(8-1)21-15-14-19(22-9-3-5-16-28-22)18-26(21)31(25)27-13-7-11-24(30-27)23-10-4-6-17-29-23/h1-18H. The van der Waals surface area contributed by atoms with E-state index in [1.54, 1.807) is 6.20 Å². The summed E-state index contributed by atoms with van der Waals surface area (Å²) in [6, 6.07) is 32.9. The molecule has 0 aliphatic heterocycles. The first-order valence-corrected chi connectivity index (χ1v) is 10.2. The number of benzene rings is 2. The van der Waals surface area contributed by atoms with Crippen LogP contribution >= 0.6 is 0 Å². The minimum Gasteiger partial charge on any atom is -0.294 e. The van der Waals surface area contributed by atoms with Crippen LogP contribution in [0.3, 0.4) is 0 Å². The van der Waals surface area contributed by atoms with Crippen LogP contribution in [0.2, 0.25) is 0 Å². The van der Waals surface area contributed by atoms with Crippen molar-refractivity contribution in [2.45, 2.75) is 0 Å². The van der Waals surface area contributed by atoms with Crippen molar-refractivity contribution in [3.05, 3.63) is 109 Å². The molecule has 0 N–H and O–H groups in total. The summed E-state index contributed by atoms with van der Waals surface area (Å²) in [4.78, 5) is 14.0. The van der Waals surface area contributed by atoms with Crippen molar-refractivity contribution in [1.82, 2.24) is 19.5 Å². The highest BCUT2D eigenvalue weighted by Gasteiger charge is 2.14. The minimum absolute atomic E-state index is 0.852. The average Bonchev–Trinajstić information content (AvgIpc) is 3.19. The molecular weight excluding hydrogens is 380 g/mol. The van der Waals surface area contributed by atoms with Gasteiger partial charge in [0.2, 0.25) is 0 Å². The molecule has 6 rings (SSSR count). The maximum absolute atomic E-state index is 4.97. The molecule has 0 aliphatic rings. The molecule has 0 radical (unpaired) electrons. The Hall–Kier alpha value is -4.31. The lowest BCUT2D eigenvalue weighted by molar-refractivity contribution is 1.08. The van der Waals surface area contributed by atoms with E-state index in [9.17, 15) is 0 Å². The van der Waals surface area contributed by atoms with Gasteiger partial charge in [-0.15, -0.1) is 0 Å². The van der Waals surface area contributed by atoms with Crippen LogP contribution in [0.1, 0.15) is 0 Å². The summed E-state index contributed by atoms with van der Waals surface area (Å²) >= 11 is 0. The molecule has 146 valence electrons. The first-order valence-electron chi connectivity index (χ1n) is 10.2. The fraction of sp³-hybridized carbons (Fsp3) is 0.